The first-order valence-corrected chi connectivity index (χ1v) is 5.12. The lowest BCUT2D eigenvalue weighted by Crippen LogP contribution is -2.59. The smallest absolute Gasteiger partial charge is 0.0878 e. The number of hydrogen-bond donors (Lipinski definition) is 0. The van der Waals surface area contributed by atoms with Crippen molar-refractivity contribution in [1.82, 2.24) is 0 Å². The number of hydrogen-bond acceptors (Lipinski definition) is 1. The van der Waals surface area contributed by atoms with Gasteiger partial charge in [-0.2, -0.15) is 0 Å². The number of fused-ring (bicyclic) bond motifs is 5. The van der Waals surface area contributed by atoms with Gasteiger partial charge in [0, 0.05) is 0 Å². The third-order valence-electron chi connectivity index (χ3n) is 5.46. The van der Waals surface area contributed by atoms with Gasteiger partial charge >= 0.3 is 0 Å². The molecule has 4 aliphatic carbocycles. The van der Waals surface area contributed by atoms with Gasteiger partial charge in [0.05, 0.1) is 12.2 Å². The minimum absolute atomic E-state index is 0.775. The average Bonchev–Trinajstić information content (AvgIpc) is 2.54. The molecular formula is C10H12O. The monoisotopic (exact) mass is 148 g/mol. The Hall–Kier alpha value is -0.0400. The van der Waals surface area contributed by atoms with Gasteiger partial charge < -0.3 is 4.74 Å². The van der Waals surface area contributed by atoms with Crippen LogP contribution in [0.5, 0.6) is 0 Å². The summed E-state index contributed by atoms with van der Waals surface area (Å²) in [4.78, 5) is 0. The fourth-order valence-electron chi connectivity index (χ4n) is 5.29. The van der Waals surface area contributed by atoms with E-state index in [1.165, 1.54) is 11.8 Å². The topological polar surface area (TPSA) is 12.5 Å². The second kappa shape index (κ2) is 1.10. The van der Waals surface area contributed by atoms with E-state index < -0.39 is 0 Å². The first-order valence-electron chi connectivity index (χ1n) is 5.12. The van der Waals surface area contributed by atoms with Gasteiger partial charge in [0.2, 0.25) is 0 Å². The Morgan fingerprint density at radius 1 is 0.727 bits per heavy atom. The second-order valence-corrected chi connectivity index (χ2v) is 5.28. The van der Waals surface area contributed by atoms with Crippen LogP contribution < -0.4 is 0 Å². The third kappa shape index (κ3) is 0.286. The molecule has 1 heteroatoms. The maximum absolute atomic E-state index is 5.72. The van der Waals surface area contributed by atoms with E-state index >= 15 is 0 Å². The number of epoxide rings is 1. The van der Waals surface area contributed by atoms with Crippen molar-refractivity contribution in [2.45, 2.75) is 25.0 Å². The fourth-order valence-corrected chi connectivity index (χ4v) is 5.29. The molecule has 0 bridgehead atoms. The van der Waals surface area contributed by atoms with Crippen molar-refractivity contribution in [3.05, 3.63) is 0 Å². The molecule has 1 saturated heterocycles. The summed E-state index contributed by atoms with van der Waals surface area (Å²) in [7, 11) is 0. The van der Waals surface area contributed by atoms with Crippen LogP contribution >= 0.6 is 0 Å². The highest BCUT2D eigenvalue weighted by Crippen LogP contribution is 2.81. The summed E-state index contributed by atoms with van der Waals surface area (Å²) in [5.41, 5.74) is 0. The fraction of sp³-hybridized carbons (Fsp3) is 1.00. The van der Waals surface area contributed by atoms with Crippen molar-refractivity contribution >= 4 is 0 Å². The SMILES string of the molecule is C1C[C@@H]2C3C4[C@H]([C@@H]5O[C@H]5[C@H]42)[C@H]13. The lowest BCUT2D eigenvalue weighted by atomic mass is 9.44. The molecule has 4 saturated carbocycles. The predicted octanol–water partition coefficient (Wildman–Crippen LogP) is 1.29. The molecule has 5 rings (SSSR count). The van der Waals surface area contributed by atoms with Gasteiger partial charge in [-0.05, 0) is 48.3 Å². The summed E-state index contributed by atoms with van der Waals surface area (Å²) in [5.74, 6) is 6.79. The van der Waals surface area contributed by atoms with Gasteiger partial charge in [-0.1, -0.05) is 0 Å². The van der Waals surface area contributed by atoms with Crippen LogP contribution in [0, 0.1) is 35.5 Å². The van der Waals surface area contributed by atoms with Crippen LogP contribution in [0.25, 0.3) is 0 Å². The summed E-state index contributed by atoms with van der Waals surface area (Å²) >= 11 is 0. The van der Waals surface area contributed by atoms with E-state index in [2.05, 4.69) is 0 Å². The molecule has 1 nitrogen and oxygen atoms in total. The van der Waals surface area contributed by atoms with Crippen LogP contribution in [0.3, 0.4) is 0 Å². The van der Waals surface area contributed by atoms with E-state index in [0.29, 0.717) is 0 Å². The summed E-state index contributed by atoms with van der Waals surface area (Å²) in [5, 5.41) is 0. The van der Waals surface area contributed by atoms with Crippen LogP contribution in [-0.4, -0.2) is 12.2 Å². The van der Waals surface area contributed by atoms with E-state index in [1.54, 1.807) is 12.8 Å². The minimum atomic E-state index is 0.775. The third-order valence-corrected chi connectivity index (χ3v) is 5.46. The van der Waals surface area contributed by atoms with Crippen LogP contribution in [0.4, 0.5) is 0 Å². The predicted molar refractivity (Wildman–Crippen MR) is 38.8 cm³/mol. The zero-order valence-corrected chi connectivity index (χ0v) is 6.44. The quantitative estimate of drug-likeness (QED) is 0.471. The van der Waals surface area contributed by atoms with Crippen LogP contribution in [0.15, 0.2) is 0 Å². The normalized spacial score (nSPS) is 85.1. The van der Waals surface area contributed by atoms with Crippen LogP contribution in [-0.2, 0) is 4.74 Å². The van der Waals surface area contributed by atoms with E-state index in [1.807, 2.05) is 0 Å². The molecule has 0 aromatic rings. The Morgan fingerprint density at radius 3 is 2.00 bits per heavy atom. The first-order chi connectivity index (χ1) is 5.47. The van der Waals surface area contributed by atoms with Gasteiger partial charge in [-0.15, -0.1) is 0 Å². The average molecular weight is 148 g/mol. The van der Waals surface area contributed by atoms with E-state index in [4.69, 9.17) is 4.74 Å². The summed E-state index contributed by atoms with van der Waals surface area (Å²) < 4.78 is 5.72. The molecule has 1 aliphatic heterocycles. The standard InChI is InChI=1S/C10H12O/c1-2-4-5-3(1)6-8(5)7(4)10-9(6)11-10/h3-10H,1-2H2/t3-,4-,5?,6-,7+,8?,9+,10+/m1/s1. The molecule has 11 heavy (non-hydrogen) atoms. The molecule has 0 spiro atoms. The molecule has 1 heterocycles. The first kappa shape index (κ1) is 4.86. The number of ether oxygens (including phenoxy) is 1. The lowest BCUT2D eigenvalue weighted by molar-refractivity contribution is -0.168. The molecule has 8 atom stereocenters. The summed E-state index contributed by atoms with van der Waals surface area (Å²) in [6.45, 7) is 0. The van der Waals surface area contributed by atoms with Gasteiger partial charge in [0.15, 0.2) is 0 Å². The molecule has 5 aliphatic rings. The van der Waals surface area contributed by atoms with E-state index in [0.717, 1.165) is 35.9 Å². The maximum Gasteiger partial charge on any atom is 0.0878 e. The molecule has 0 N–H and O–H groups in total. The Kier molecular flexibility index (Phi) is 0.486. The van der Waals surface area contributed by atoms with Gasteiger partial charge in [0.1, 0.15) is 0 Å². The highest BCUT2D eigenvalue weighted by Gasteiger charge is 2.82. The number of rotatable bonds is 0. The Balaban J connectivity index is 1.77. The van der Waals surface area contributed by atoms with E-state index in [-0.39, 0.29) is 0 Å². The zero-order valence-electron chi connectivity index (χ0n) is 6.44. The van der Waals surface area contributed by atoms with Crippen molar-refractivity contribution in [2.24, 2.45) is 35.5 Å². The van der Waals surface area contributed by atoms with Gasteiger partial charge in [-0.3, -0.25) is 0 Å². The highest BCUT2D eigenvalue weighted by molar-refractivity contribution is 5.29. The molecule has 2 unspecified atom stereocenters. The zero-order chi connectivity index (χ0) is 6.74. The van der Waals surface area contributed by atoms with Gasteiger partial charge in [0.25, 0.3) is 0 Å². The lowest BCUT2D eigenvalue weighted by Gasteiger charge is -2.60. The maximum atomic E-state index is 5.72. The van der Waals surface area contributed by atoms with Crippen molar-refractivity contribution in [3.8, 4) is 0 Å². The largest absolute Gasteiger partial charge is 0.369 e. The molecule has 0 aromatic heterocycles. The highest BCUT2D eigenvalue weighted by atomic mass is 16.6. The Labute approximate surface area is 66.1 Å². The van der Waals surface area contributed by atoms with Gasteiger partial charge in [-0.25, -0.2) is 0 Å². The molecule has 0 aromatic carbocycles. The molecular weight excluding hydrogens is 136 g/mol. The molecule has 5 fully saturated rings. The van der Waals surface area contributed by atoms with Crippen LogP contribution in [0.1, 0.15) is 12.8 Å². The Bertz CT molecular complexity index is 227. The summed E-state index contributed by atoms with van der Waals surface area (Å²) in [6.07, 6.45) is 4.66. The second-order valence-electron chi connectivity index (χ2n) is 5.28. The summed E-state index contributed by atoms with van der Waals surface area (Å²) in [6, 6.07) is 0. The van der Waals surface area contributed by atoms with E-state index in [9.17, 15) is 0 Å². The molecule has 0 radical (unpaired) electrons. The Morgan fingerprint density at radius 2 is 1.36 bits per heavy atom. The van der Waals surface area contributed by atoms with Crippen molar-refractivity contribution in [2.75, 3.05) is 0 Å². The van der Waals surface area contributed by atoms with Crippen molar-refractivity contribution in [3.63, 3.8) is 0 Å². The van der Waals surface area contributed by atoms with Crippen LogP contribution in [0.2, 0.25) is 0 Å². The van der Waals surface area contributed by atoms with Crippen molar-refractivity contribution in [1.29, 1.82) is 0 Å². The minimum Gasteiger partial charge on any atom is -0.369 e. The van der Waals surface area contributed by atoms with Crippen molar-refractivity contribution < 1.29 is 4.74 Å². The molecule has 0 amide bonds. The molecule has 58 valence electrons.